The van der Waals surface area contributed by atoms with E-state index in [2.05, 4.69) is 6.92 Å². The minimum absolute atomic E-state index is 0.470. The molecule has 3 fully saturated rings. The van der Waals surface area contributed by atoms with E-state index in [1.165, 1.54) is 77.0 Å². The summed E-state index contributed by atoms with van der Waals surface area (Å²) in [5, 5.41) is 0. The quantitative estimate of drug-likeness (QED) is 0.722. The first-order valence-electron chi connectivity index (χ1n) is 10.1. The van der Waals surface area contributed by atoms with Crippen molar-refractivity contribution in [3.05, 3.63) is 0 Å². The van der Waals surface area contributed by atoms with Gasteiger partial charge in [-0.15, -0.1) is 0 Å². The monoisotopic (exact) mass is 324 g/mol. The van der Waals surface area contributed by atoms with Gasteiger partial charge in [-0.25, -0.2) is 0 Å². The van der Waals surface area contributed by atoms with E-state index >= 15 is 0 Å². The minimum Gasteiger partial charge on any atom is -0.381 e. The van der Waals surface area contributed by atoms with Gasteiger partial charge in [0.1, 0.15) is 0 Å². The molecule has 0 spiro atoms. The fourth-order valence-electron chi connectivity index (χ4n) is 4.62. The van der Waals surface area contributed by atoms with Crippen LogP contribution in [0.3, 0.4) is 0 Å². The predicted octanol–water partition coefficient (Wildman–Crippen LogP) is 4.87. The summed E-state index contributed by atoms with van der Waals surface area (Å²) in [4.78, 5) is 0. The highest BCUT2D eigenvalue weighted by molar-refractivity contribution is 4.79. The van der Waals surface area contributed by atoms with Crippen molar-refractivity contribution < 1.29 is 14.2 Å². The third-order valence-corrected chi connectivity index (χ3v) is 6.31. The third kappa shape index (κ3) is 5.44. The van der Waals surface area contributed by atoms with Gasteiger partial charge < -0.3 is 14.2 Å². The molecule has 23 heavy (non-hydrogen) atoms. The summed E-state index contributed by atoms with van der Waals surface area (Å²) in [5.74, 6) is 0.909. The summed E-state index contributed by atoms with van der Waals surface area (Å²) in [5.41, 5.74) is 0. The molecule has 0 aliphatic heterocycles. The zero-order chi connectivity index (χ0) is 16.1. The fraction of sp³-hybridized carbons (Fsp3) is 1.00. The molecule has 0 N–H and O–H groups in total. The Morgan fingerprint density at radius 3 is 1.13 bits per heavy atom. The van der Waals surface area contributed by atoms with Gasteiger partial charge in [-0.2, -0.15) is 0 Å². The number of methoxy groups -OCH3 is 1. The molecule has 3 rings (SSSR count). The zero-order valence-electron chi connectivity index (χ0n) is 15.2. The van der Waals surface area contributed by atoms with E-state index in [1.54, 1.807) is 0 Å². The van der Waals surface area contributed by atoms with Crippen molar-refractivity contribution in [2.45, 2.75) is 114 Å². The lowest BCUT2D eigenvalue weighted by molar-refractivity contribution is -0.100. The Kier molecular flexibility index (Phi) is 6.79. The van der Waals surface area contributed by atoms with Crippen LogP contribution < -0.4 is 0 Å². The Morgan fingerprint density at radius 2 is 0.783 bits per heavy atom. The van der Waals surface area contributed by atoms with E-state index in [4.69, 9.17) is 14.2 Å². The van der Waals surface area contributed by atoms with Crippen molar-refractivity contribution in [2.75, 3.05) is 7.11 Å². The third-order valence-electron chi connectivity index (χ3n) is 6.31. The average Bonchev–Trinajstić information content (AvgIpc) is 2.59. The molecule has 0 aromatic heterocycles. The van der Waals surface area contributed by atoms with E-state index in [0.717, 1.165) is 5.92 Å². The molecule has 0 atom stereocenters. The van der Waals surface area contributed by atoms with Gasteiger partial charge in [-0.3, -0.25) is 0 Å². The Hall–Kier alpha value is -0.120. The molecule has 0 heterocycles. The Balaban J connectivity index is 1.31. The predicted molar refractivity (Wildman–Crippen MR) is 92.7 cm³/mol. The first-order valence-corrected chi connectivity index (χ1v) is 10.1. The molecule has 3 aliphatic rings. The van der Waals surface area contributed by atoms with E-state index in [1.807, 2.05) is 7.11 Å². The topological polar surface area (TPSA) is 27.7 Å². The number of hydrogen-bond acceptors (Lipinski definition) is 3. The van der Waals surface area contributed by atoms with Gasteiger partial charge in [0.05, 0.1) is 30.5 Å². The highest BCUT2D eigenvalue weighted by atomic mass is 16.5. The Bertz CT molecular complexity index is 322. The molecule has 3 saturated carbocycles. The SMILES string of the molecule is COC1CCC(OC2CCC(OC3CCC(C)CC3)CC2)CC1. The molecular weight excluding hydrogens is 288 g/mol. The lowest BCUT2D eigenvalue weighted by Crippen LogP contribution is -2.34. The maximum Gasteiger partial charge on any atom is 0.0580 e. The summed E-state index contributed by atoms with van der Waals surface area (Å²) < 4.78 is 18.2. The van der Waals surface area contributed by atoms with Gasteiger partial charge in [0, 0.05) is 7.11 Å². The van der Waals surface area contributed by atoms with Gasteiger partial charge in [0.25, 0.3) is 0 Å². The second-order valence-electron chi connectivity index (χ2n) is 8.19. The summed E-state index contributed by atoms with van der Waals surface area (Å²) >= 11 is 0. The van der Waals surface area contributed by atoms with Crippen molar-refractivity contribution in [3.63, 3.8) is 0 Å². The van der Waals surface area contributed by atoms with Gasteiger partial charge in [0.2, 0.25) is 0 Å². The second-order valence-corrected chi connectivity index (χ2v) is 8.19. The average molecular weight is 325 g/mol. The summed E-state index contributed by atoms with van der Waals surface area (Å²) in [7, 11) is 1.83. The molecule has 3 aliphatic carbocycles. The van der Waals surface area contributed by atoms with Crippen molar-refractivity contribution >= 4 is 0 Å². The maximum absolute atomic E-state index is 6.38. The molecule has 3 nitrogen and oxygen atoms in total. The Morgan fingerprint density at radius 1 is 0.478 bits per heavy atom. The first kappa shape index (κ1) is 17.7. The van der Waals surface area contributed by atoms with Crippen LogP contribution >= 0.6 is 0 Å². The van der Waals surface area contributed by atoms with E-state index in [-0.39, 0.29) is 0 Å². The first-order chi connectivity index (χ1) is 11.2. The maximum atomic E-state index is 6.38. The van der Waals surface area contributed by atoms with Gasteiger partial charge in [-0.05, 0) is 83.0 Å². The molecule has 0 amide bonds. The lowest BCUT2D eigenvalue weighted by Gasteiger charge is -2.36. The summed E-state index contributed by atoms with van der Waals surface area (Å²) in [6.45, 7) is 2.37. The molecule has 134 valence electrons. The fourth-order valence-corrected chi connectivity index (χ4v) is 4.62. The van der Waals surface area contributed by atoms with Crippen molar-refractivity contribution in [1.82, 2.24) is 0 Å². The largest absolute Gasteiger partial charge is 0.381 e. The van der Waals surface area contributed by atoms with Crippen LogP contribution in [0.4, 0.5) is 0 Å². The minimum atomic E-state index is 0.470. The van der Waals surface area contributed by atoms with Gasteiger partial charge in [0.15, 0.2) is 0 Å². The van der Waals surface area contributed by atoms with Crippen LogP contribution in [0.15, 0.2) is 0 Å². The van der Waals surface area contributed by atoms with Crippen LogP contribution in [0.25, 0.3) is 0 Å². The van der Waals surface area contributed by atoms with Gasteiger partial charge >= 0.3 is 0 Å². The molecule has 0 radical (unpaired) electrons. The molecule has 0 bridgehead atoms. The second kappa shape index (κ2) is 8.82. The van der Waals surface area contributed by atoms with E-state index < -0.39 is 0 Å². The molecular formula is C20H36O3. The van der Waals surface area contributed by atoms with E-state index in [0.29, 0.717) is 30.5 Å². The summed E-state index contributed by atoms with van der Waals surface area (Å²) in [6, 6.07) is 0. The molecule has 3 heteroatoms. The standard InChI is InChI=1S/C20H36O3/c1-15-3-5-17(6-4-15)22-19-11-13-20(14-12-19)23-18-9-7-16(21-2)8-10-18/h15-20H,3-14H2,1-2H3. The molecule has 0 aromatic rings. The van der Waals surface area contributed by atoms with Crippen molar-refractivity contribution in [3.8, 4) is 0 Å². The number of ether oxygens (including phenoxy) is 3. The number of rotatable bonds is 5. The van der Waals surface area contributed by atoms with Crippen LogP contribution in [0.1, 0.15) is 84.0 Å². The van der Waals surface area contributed by atoms with Crippen LogP contribution in [0.5, 0.6) is 0 Å². The van der Waals surface area contributed by atoms with Crippen molar-refractivity contribution in [2.24, 2.45) is 5.92 Å². The highest BCUT2D eigenvalue weighted by Crippen LogP contribution is 2.32. The smallest absolute Gasteiger partial charge is 0.0580 e. The van der Waals surface area contributed by atoms with Crippen LogP contribution in [-0.2, 0) is 14.2 Å². The normalized spacial score (nSPS) is 42.5. The van der Waals surface area contributed by atoms with Crippen LogP contribution in [0, 0.1) is 5.92 Å². The van der Waals surface area contributed by atoms with Crippen molar-refractivity contribution in [1.29, 1.82) is 0 Å². The molecule has 0 aromatic carbocycles. The lowest BCUT2D eigenvalue weighted by atomic mass is 9.88. The highest BCUT2D eigenvalue weighted by Gasteiger charge is 2.29. The zero-order valence-corrected chi connectivity index (χ0v) is 15.2. The molecule has 0 saturated heterocycles. The molecule has 0 unspecified atom stereocenters. The number of hydrogen-bond donors (Lipinski definition) is 0. The van der Waals surface area contributed by atoms with Gasteiger partial charge in [-0.1, -0.05) is 6.92 Å². The summed E-state index contributed by atoms with van der Waals surface area (Å²) in [6.07, 6.45) is 17.2. The van der Waals surface area contributed by atoms with E-state index in [9.17, 15) is 0 Å². The van der Waals surface area contributed by atoms with Crippen LogP contribution in [-0.4, -0.2) is 37.6 Å². The van der Waals surface area contributed by atoms with Crippen LogP contribution in [0.2, 0.25) is 0 Å². The Labute approximate surface area is 142 Å².